The maximum Gasteiger partial charge on any atom is 0.305 e. The van der Waals surface area contributed by atoms with Crippen LogP contribution in [0.3, 0.4) is 0 Å². The fourth-order valence-electron chi connectivity index (χ4n) is 0.624. The van der Waals surface area contributed by atoms with Gasteiger partial charge in [0.1, 0.15) is 4.75 Å². The molecule has 0 rings (SSSR count). The Labute approximate surface area is 70.9 Å². The summed E-state index contributed by atoms with van der Waals surface area (Å²) < 4.78 is 20.4. The van der Waals surface area contributed by atoms with Gasteiger partial charge in [-0.3, -0.25) is 4.79 Å². The molecule has 0 spiro atoms. The van der Waals surface area contributed by atoms with Crippen LogP contribution in [0.2, 0.25) is 0 Å². The fourth-order valence-corrected chi connectivity index (χ4v) is 1.24. The number of aliphatic carboxylic acids is 1. The predicted octanol–water partition coefficient (Wildman–Crippen LogP) is -0.743. The Bertz CT molecular complexity index is 268. The summed E-state index contributed by atoms with van der Waals surface area (Å²) in [6, 6.07) is 0. The average molecular weight is 196 g/mol. The highest BCUT2D eigenvalue weighted by atomic mass is 32.2. The van der Waals surface area contributed by atoms with Gasteiger partial charge in [-0.1, -0.05) is 0 Å². The number of aliphatic hydroxyl groups excluding tert-OH is 1. The first-order valence-electron chi connectivity index (χ1n) is 3.25. The van der Waals surface area contributed by atoms with E-state index in [0.717, 1.165) is 6.26 Å². The number of carboxylic acid groups (broad SMARTS) is 1. The van der Waals surface area contributed by atoms with Gasteiger partial charge in [0.05, 0.1) is 13.0 Å². The Morgan fingerprint density at radius 2 is 1.92 bits per heavy atom. The van der Waals surface area contributed by atoms with Gasteiger partial charge in [-0.25, -0.2) is 8.42 Å². The Morgan fingerprint density at radius 1 is 1.50 bits per heavy atom. The largest absolute Gasteiger partial charge is 0.481 e. The molecular weight excluding hydrogens is 184 g/mol. The van der Waals surface area contributed by atoms with E-state index in [9.17, 15) is 13.2 Å². The topological polar surface area (TPSA) is 91.7 Å². The van der Waals surface area contributed by atoms with Crippen molar-refractivity contribution in [3.63, 3.8) is 0 Å². The maximum absolute atomic E-state index is 11.0. The first-order valence-corrected chi connectivity index (χ1v) is 5.14. The van der Waals surface area contributed by atoms with E-state index in [1.54, 1.807) is 0 Å². The third-order valence-electron chi connectivity index (χ3n) is 1.75. The minimum atomic E-state index is -3.54. The number of sulfone groups is 1. The molecule has 0 saturated carbocycles. The Hall–Kier alpha value is -0.620. The summed E-state index contributed by atoms with van der Waals surface area (Å²) in [5, 5.41) is 17.1. The zero-order valence-electron chi connectivity index (χ0n) is 6.94. The Balaban J connectivity index is 4.82. The van der Waals surface area contributed by atoms with Gasteiger partial charge in [0.2, 0.25) is 0 Å². The van der Waals surface area contributed by atoms with Crippen molar-refractivity contribution in [2.45, 2.75) is 18.1 Å². The quantitative estimate of drug-likeness (QED) is 0.617. The van der Waals surface area contributed by atoms with Crippen molar-refractivity contribution >= 4 is 15.8 Å². The minimum absolute atomic E-state index is 0.581. The van der Waals surface area contributed by atoms with Crippen molar-refractivity contribution in [3.8, 4) is 0 Å². The molecule has 6 heteroatoms. The van der Waals surface area contributed by atoms with Crippen LogP contribution in [-0.2, 0) is 14.6 Å². The van der Waals surface area contributed by atoms with Crippen LogP contribution in [0.5, 0.6) is 0 Å². The van der Waals surface area contributed by atoms with E-state index >= 15 is 0 Å². The van der Waals surface area contributed by atoms with Crippen LogP contribution in [0, 0.1) is 0 Å². The molecule has 0 amide bonds. The SMILES string of the molecule is C[C@](CO)(CC(=O)O)S(C)(=O)=O. The summed E-state index contributed by atoms with van der Waals surface area (Å²) in [7, 11) is -3.54. The number of aliphatic hydroxyl groups is 1. The standard InChI is InChI=1S/C6H12O5S/c1-6(4-7,3-5(8)9)12(2,10)11/h7H,3-4H2,1-2H3,(H,8,9)/t6-/m1/s1. The number of hydrogen-bond donors (Lipinski definition) is 2. The van der Waals surface area contributed by atoms with Gasteiger partial charge < -0.3 is 10.2 Å². The molecule has 12 heavy (non-hydrogen) atoms. The number of rotatable bonds is 4. The van der Waals surface area contributed by atoms with Crippen molar-refractivity contribution in [1.82, 2.24) is 0 Å². The van der Waals surface area contributed by atoms with E-state index in [1.807, 2.05) is 0 Å². The molecule has 0 bridgehead atoms. The lowest BCUT2D eigenvalue weighted by atomic mass is 10.1. The molecule has 0 aromatic rings. The number of carbonyl (C=O) groups is 1. The molecule has 0 aromatic carbocycles. The molecule has 0 heterocycles. The molecule has 0 fully saturated rings. The van der Waals surface area contributed by atoms with E-state index in [1.165, 1.54) is 6.92 Å². The summed E-state index contributed by atoms with van der Waals surface area (Å²) in [5.74, 6) is -1.24. The van der Waals surface area contributed by atoms with Gasteiger partial charge in [0.15, 0.2) is 9.84 Å². The Kier molecular flexibility index (Phi) is 3.23. The average Bonchev–Trinajstić information content (AvgIpc) is 1.83. The predicted molar refractivity (Wildman–Crippen MR) is 42.6 cm³/mol. The molecule has 0 aliphatic carbocycles. The minimum Gasteiger partial charge on any atom is -0.481 e. The molecule has 0 aliphatic heterocycles. The Morgan fingerprint density at radius 3 is 2.00 bits per heavy atom. The van der Waals surface area contributed by atoms with Crippen molar-refractivity contribution in [1.29, 1.82) is 0 Å². The van der Waals surface area contributed by atoms with E-state index < -0.39 is 33.6 Å². The number of carboxylic acids is 1. The van der Waals surface area contributed by atoms with Crippen LogP contribution >= 0.6 is 0 Å². The summed E-state index contributed by atoms with van der Waals surface area (Å²) in [6.45, 7) is 0.522. The van der Waals surface area contributed by atoms with Gasteiger partial charge in [0.25, 0.3) is 0 Å². The fraction of sp³-hybridized carbons (Fsp3) is 0.833. The number of hydrogen-bond acceptors (Lipinski definition) is 4. The molecular formula is C6H12O5S. The summed E-state index contributed by atoms with van der Waals surface area (Å²) in [5.41, 5.74) is 0. The summed E-state index contributed by atoms with van der Waals surface area (Å²) in [6.07, 6.45) is 0.328. The van der Waals surface area contributed by atoms with Crippen LogP contribution in [-0.4, -0.2) is 42.2 Å². The second kappa shape index (κ2) is 3.40. The molecule has 0 saturated heterocycles. The zero-order chi connectivity index (χ0) is 9.99. The molecule has 1 atom stereocenters. The molecule has 0 unspecified atom stereocenters. The second-order valence-electron chi connectivity index (χ2n) is 2.95. The third-order valence-corrected chi connectivity index (χ3v) is 3.82. The highest BCUT2D eigenvalue weighted by Gasteiger charge is 2.37. The van der Waals surface area contributed by atoms with Crippen molar-refractivity contribution in [2.75, 3.05) is 12.9 Å². The first-order chi connectivity index (χ1) is 5.23. The normalized spacial score (nSPS) is 16.9. The van der Waals surface area contributed by atoms with Gasteiger partial charge in [0, 0.05) is 6.26 Å². The van der Waals surface area contributed by atoms with Gasteiger partial charge >= 0.3 is 5.97 Å². The van der Waals surface area contributed by atoms with Crippen LogP contribution in [0.25, 0.3) is 0 Å². The molecule has 0 aromatic heterocycles. The summed E-state index contributed by atoms with van der Waals surface area (Å²) >= 11 is 0. The van der Waals surface area contributed by atoms with Crippen molar-refractivity contribution < 1.29 is 23.4 Å². The van der Waals surface area contributed by atoms with Crippen molar-refractivity contribution in [2.24, 2.45) is 0 Å². The van der Waals surface area contributed by atoms with E-state index in [0.29, 0.717) is 0 Å². The lowest BCUT2D eigenvalue weighted by Crippen LogP contribution is -2.40. The molecule has 72 valence electrons. The molecule has 0 radical (unpaired) electrons. The second-order valence-corrected chi connectivity index (χ2v) is 5.48. The van der Waals surface area contributed by atoms with Gasteiger partial charge in [-0.15, -0.1) is 0 Å². The zero-order valence-corrected chi connectivity index (χ0v) is 7.76. The lowest BCUT2D eigenvalue weighted by Gasteiger charge is -2.22. The van der Waals surface area contributed by atoms with Crippen LogP contribution in [0.4, 0.5) is 0 Å². The third kappa shape index (κ3) is 2.46. The maximum atomic E-state index is 11.0. The molecule has 2 N–H and O–H groups in total. The highest BCUT2D eigenvalue weighted by Crippen LogP contribution is 2.19. The highest BCUT2D eigenvalue weighted by molar-refractivity contribution is 7.92. The van der Waals surface area contributed by atoms with Gasteiger partial charge in [-0.2, -0.15) is 0 Å². The van der Waals surface area contributed by atoms with Crippen LogP contribution < -0.4 is 0 Å². The first kappa shape index (κ1) is 11.4. The van der Waals surface area contributed by atoms with E-state index in [2.05, 4.69) is 0 Å². The molecule has 0 aliphatic rings. The smallest absolute Gasteiger partial charge is 0.305 e. The summed E-state index contributed by atoms with van der Waals surface area (Å²) in [4.78, 5) is 10.2. The van der Waals surface area contributed by atoms with Crippen molar-refractivity contribution in [3.05, 3.63) is 0 Å². The van der Waals surface area contributed by atoms with Crippen LogP contribution in [0.1, 0.15) is 13.3 Å². The lowest BCUT2D eigenvalue weighted by molar-refractivity contribution is -0.137. The van der Waals surface area contributed by atoms with E-state index in [-0.39, 0.29) is 0 Å². The van der Waals surface area contributed by atoms with E-state index in [4.69, 9.17) is 10.2 Å². The van der Waals surface area contributed by atoms with Crippen LogP contribution in [0.15, 0.2) is 0 Å². The molecule has 5 nitrogen and oxygen atoms in total. The monoisotopic (exact) mass is 196 g/mol. The van der Waals surface area contributed by atoms with Gasteiger partial charge in [-0.05, 0) is 6.92 Å².